The van der Waals surface area contributed by atoms with E-state index in [4.69, 9.17) is 5.73 Å². The van der Waals surface area contributed by atoms with E-state index in [0.717, 1.165) is 17.3 Å². The van der Waals surface area contributed by atoms with Gasteiger partial charge in [-0.3, -0.25) is 0 Å². The average Bonchev–Trinajstić information content (AvgIpc) is 2.90. The number of nitrogens with zero attached hydrogens (tertiary/aromatic N) is 3. The van der Waals surface area contributed by atoms with Crippen LogP contribution < -0.4 is 5.73 Å². The minimum atomic E-state index is -4.40. The number of benzene rings is 2. The molecule has 3 aromatic rings. The summed E-state index contributed by atoms with van der Waals surface area (Å²) in [5.74, 6) is 0.268. The van der Waals surface area contributed by atoms with Crippen LogP contribution in [-0.2, 0) is 6.18 Å². The SMILES string of the molecule is Cc1cn(N=Cc2ccc(-c3ccccc3C(F)(F)F)cc2)c(N)n1. The molecule has 2 aromatic carbocycles. The van der Waals surface area contributed by atoms with Crippen molar-refractivity contribution in [1.29, 1.82) is 0 Å². The van der Waals surface area contributed by atoms with Crippen molar-refractivity contribution in [3.05, 3.63) is 71.5 Å². The summed E-state index contributed by atoms with van der Waals surface area (Å²) in [5.41, 5.74) is 7.15. The normalized spacial score (nSPS) is 12.0. The van der Waals surface area contributed by atoms with E-state index in [1.54, 1.807) is 49.7 Å². The quantitative estimate of drug-likeness (QED) is 0.719. The summed E-state index contributed by atoms with van der Waals surface area (Å²) >= 11 is 0. The van der Waals surface area contributed by atoms with Gasteiger partial charge >= 0.3 is 6.18 Å². The van der Waals surface area contributed by atoms with Crippen LogP contribution in [0.2, 0.25) is 0 Å². The van der Waals surface area contributed by atoms with E-state index < -0.39 is 11.7 Å². The summed E-state index contributed by atoms with van der Waals surface area (Å²) in [7, 11) is 0. The fourth-order valence-corrected chi connectivity index (χ4v) is 2.46. The standard InChI is InChI=1S/C18H15F3N4/c1-12-11-25(17(22)24-12)23-10-13-6-8-14(9-7-13)15-4-2-3-5-16(15)18(19,20)21/h2-11H,1H3,(H2,22,24). The molecule has 0 radical (unpaired) electrons. The molecule has 4 nitrogen and oxygen atoms in total. The highest BCUT2D eigenvalue weighted by molar-refractivity contribution is 5.81. The first-order valence-corrected chi connectivity index (χ1v) is 7.47. The lowest BCUT2D eigenvalue weighted by Gasteiger charge is -2.12. The second kappa shape index (κ2) is 6.43. The Morgan fingerprint density at radius 1 is 1.08 bits per heavy atom. The molecular formula is C18H15F3N4. The molecular weight excluding hydrogens is 329 g/mol. The number of hydrogen-bond donors (Lipinski definition) is 1. The van der Waals surface area contributed by atoms with Crippen molar-refractivity contribution in [3.63, 3.8) is 0 Å². The number of aromatic nitrogens is 2. The summed E-state index contributed by atoms with van der Waals surface area (Å²) in [6.07, 6.45) is -1.15. The maximum atomic E-state index is 13.1. The minimum absolute atomic E-state index is 0.146. The van der Waals surface area contributed by atoms with Crippen LogP contribution in [0.25, 0.3) is 11.1 Å². The number of anilines is 1. The molecule has 7 heteroatoms. The van der Waals surface area contributed by atoms with Gasteiger partial charge in [0.15, 0.2) is 0 Å². The van der Waals surface area contributed by atoms with Crippen LogP contribution in [0.5, 0.6) is 0 Å². The van der Waals surface area contributed by atoms with Gasteiger partial charge in [0.1, 0.15) is 0 Å². The Labute approximate surface area is 142 Å². The molecule has 0 saturated heterocycles. The molecule has 0 saturated carbocycles. The molecule has 25 heavy (non-hydrogen) atoms. The number of nitrogen functional groups attached to an aromatic ring is 1. The van der Waals surface area contributed by atoms with Crippen LogP contribution in [0.1, 0.15) is 16.8 Å². The summed E-state index contributed by atoms with van der Waals surface area (Å²) in [4.78, 5) is 4.03. The Morgan fingerprint density at radius 2 is 1.76 bits per heavy atom. The minimum Gasteiger partial charge on any atom is -0.368 e. The molecule has 0 aliphatic rings. The lowest BCUT2D eigenvalue weighted by Crippen LogP contribution is -2.06. The number of imidazole rings is 1. The van der Waals surface area contributed by atoms with E-state index in [1.165, 1.54) is 16.8 Å². The van der Waals surface area contributed by atoms with Crippen molar-refractivity contribution in [1.82, 2.24) is 9.66 Å². The highest BCUT2D eigenvalue weighted by Crippen LogP contribution is 2.36. The Hall–Kier alpha value is -3.09. The molecule has 2 N–H and O–H groups in total. The van der Waals surface area contributed by atoms with Gasteiger partial charge in [0, 0.05) is 0 Å². The number of aryl methyl sites for hydroxylation is 1. The van der Waals surface area contributed by atoms with E-state index in [0.29, 0.717) is 5.56 Å². The molecule has 0 unspecified atom stereocenters. The van der Waals surface area contributed by atoms with Gasteiger partial charge in [-0.15, -0.1) is 0 Å². The van der Waals surface area contributed by atoms with Crippen LogP contribution in [0.15, 0.2) is 59.8 Å². The first-order chi connectivity index (χ1) is 11.8. The van der Waals surface area contributed by atoms with Crippen LogP contribution in [0.3, 0.4) is 0 Å². The molecule has 0 amide bonds. The molecule has 0 aliphatic heterocycles. The molecule has 0 atom stereocenters. The Balaban J connectivity index is 1.88. The van der Waals surface area contributed by atoms with Crippen molar-refractivity contribution >= 4 is 12.2 Å². The average molecular weight is 344 g/mol. The van der Waals surface area contributed by atoms with Crippen molar-refractivity contribution in [2.45, 2.75) is 13.1 Å². The Bertz CT molecular complexity index is 909. The number of nitrogens with two attached hydrogens (primary N) is 1. The Morgan fingerprint density at radius 3 is 2.36 bits per heavy atom. The topological polar surface area (TPSA) is 56.2 Å². The fourth-order valence-electron chi connectivity index (χ4n) is 2.46. The molecule has 128 valence electrons. The predicted molar refractivity (Wildman–Crippen MR) is 91.2 cm³/mol. The molecule has 0 fully saturated rings. The van der Waals surface area contributed by atoms with Gasteiger partial charge in [-0.1, -0.05) is 42.5 Å². The van der Waals surface area contributed by atoms with E-state index in [9.17, 15) is 13.2 Å². The second-order valence-corrected chi connectivity index (χ2v) is 5.49. The van der Waals surface area contributed by atoms with Gasteiger partial charge in [0.05, 0.1) is 23.7 Å². The van der Waals surface area contributed by atoms with Crippen LogP contribution in [0, 0.1) is 6.92 Å². The summed E-state index contributed by atoms with van der Waals surface area (Å²) in [6, 6.07) is 12.2. The first kappa shape index (κ1) is 16.8. The van der Waals surface area contributed by atoms with Crippen LogP contribution in [0.4, 0.5) is 19.1 Å². The first-order valence-electron chi connectivity index (χ1n) is 7.47. The maximum Gasteiger partial charge on any atom is 0.417 e. The zero-order valence-electron chi connectivity index (χ0n) is 13.3. The van der Waals surface area contributed by atoms with E-state index >= 15 is 0 Å². The number of halogens is 3. The van der Waals surface area contributed by atoms with Gasteiger partial charge < -0.3 is 5.73 Å². The summed E-state index contributed by atoms with van der Waals surface area (Å²) in [6.45, 7) is 1.80. The molecule has 0 spiro atoms. The summed E-state index contributed by atoms with van der Waals surface area (Å²) < 4.78 is 40.8. The maximum absolute atomic E-state index is 13.1. The van der Waals surface area contributed by atoms with Crippen molar-refractivity contribution < 1.29 is 13.2 Å². The molecule has 1 heterocycles. The molecule has 0 aliphatic carbocycles. The largest absolute Gasteiger partial charge is 0.417 e. The third-order valence-corrected chi connectivity index (χ3v) is 3.62. The van der Waals surface area contributed by atoms with Gasteiger partial charge in [-0.2, -0.15) is 18.3 Å². The number of alkyl halides is 3. The zero-order valence-corrected chi connectivity index (χ0v) is 13.3. The highest BCUT2D eigenvalue weighted by Gasteiger charge is 2.33. The smallest absolute Gasteiger partial charge is 0.368 e. The third kappa shape index (κ3) is 3.71. The van der Waals surface area contributed by atoms with E-state index in [-0.39, 0.29) is 11.5 Å². The third-order valence-electron chi connectivity index (χ3n) is 3.62. The van der Waals surface area contributed by atoms with E-state index in [1.807, 2.05) is 0 Å². The monoisotopic (exact) mass is 344 g/mol. The molecule has 0 bridgehead atoms. The fraction of sp³-hybridized carbons (Fsp3) is 0.111. The Kier molecular flexibility index (Phi) is 4.31. The number of rotatable bonds is 3. The second-order valence-electron chi connectivity index (χ2n) is 5.49. The lowest BCUT2D eigenvalue weighted by molar-refractivity contribution is -0.137. The van der Waals surface area contributed by atoms with Crippen molar-refractivity contribution in [3.8, 4) is 11.1 Å². The number of hydrogen-bond acceptors (Lipinski definition) is 3. The zero-order chi connectivity index (χ0) is 18.0. The highest BCUT2D eigenvalue weighted by atomic mass is 19.4. The lowest BCUT2D eigenvalue weighted by atomic mass is 9.98. The van der Waals surface area contributed by atoms with Gasteiger partial charge in [0.2, 0.25) is 5.95 Å². The van der Waals surface area contributed by atoms with Crippen molar-refractivity contribution in [2.75, 3.05) is 5.73 Å². The van der Waals surface area contributed by atoms with Crippen molar-refractivity contribution in [2.24, 2.45) is 5.10 Å². The molecule has 1 aromatic heterocycles. The molecule has 3 rings (SSSR count). The van der Waals surface area contributed by atoms with Gasteiger partial charge in [-0.05, 0) is 29.7 Å². The van der Waals surface area contributed by atoms with Gasteiger partial charge in [-0.25, -0.2) is 9.66 Å². The van der Waals surface area contributed by atoms with Gasteiger partial charge in [0.25, 0.3) is 0 Å². The van der Waals surface area contributed by atoms with Crippen LogP contribution >= 0.6 is 0 Å². The predicted octanol–water partition coefficient (Wildman–Crippen LogP) is 4.34. The van der Waals surface area contributed by atoms with Crippen LogP contribution in [-0.4, -0.2) is 15.9 Å². The van der Waals surface area contributed by atoms with E-state index in [2.05, 4.69) is 10.1 Å². The summed E-state index contributed by atoms with van der Waals surface area (Å²) in [5, 5.41) is 4.18.